The second-order valence-electron chi connectivity index (χ2n) is 4.70. The third-order valence-electron chi connectivity index (χ3n) is 3.66. The molecule has 2 aliphatic rings. The van der Waals surface area contributed by atoms with Gasteiger partial charge in [0.25, 0.3) is 0 Å². The fourth-order valence-corrected chi connectivity index (χ4v) is 2.70. The Morgan fingerprint density at radius 1 is 1.18 bits per heavy atom. The average molecular weight is 234 g/mol. The van der Waals surface area contributed by atoms with E-state index >= 15 is 0 Å². The van der Waals surface area contributed by atoms with Gasteiger partial charge in [0, 0.05) is 26.2 Å². The Morgan fingerprint density at radius 2 is 2.06 bits per heavy atom. The summed E-state index contributed by atoms with van der Waals surface area (Å²) in [7, 11) is 0. The highest BCUT2D eigenvalue weighted by Gasteiger charge is 2.30. The Balaban J connectivity index is 1.76. The molecule has 0 aromatic heterocycles. The summed E-state index contributed by atoms with van der Waals surface area (Å²) in [5.41, 5.74) is 0.942. The maximum Gasteiger partial charge on any atom is 0.138 e. The molecule has 0 saturated carbocycles. The first-order chi connectivity index (χ1) is 8.34. The van der Waals surface area contributed by atoms with Crippen molar-refractivity contribution < 1.29 is 9.84 Å². The molecule has 0 amide bonds. The van der Waals surface area contributed by atoms with E-state index in [-0.39, 0.29) is 0 Å². The zero-order valence-electron chi connectivity index (χ0n) is 9.88. The minimum Gasteiger partial charge on any atom is -0.506 e. The fourth-order valence-electron chi connectivity index (χ4n) is 2.70. The number of hydrogen-bond donors (Lipinski definition) is 1. The second kappa shape index (κ2) is 4.55. The summed E-state index contributed by atoms with van der Waals surface area (Å²) in [5, 5.41) is 9.87. The number of phenolic OH excluding ortho intramolecular Hbond substituents is 1. The quantitative estimate of drug-likeness (QED) is 0.783. The molecule has 92 valence electrons. The van der Waals surface area contributed by atoms with Gasteiger partial charge in [-0.3, -0.25) is 4.90 Å². The van der Waals surface area contributed by atoms with E-state index in [9.17, 15) is 5.11 Å². The number of anilines is 1. The van der Waals surface area contributed by atoms with E-state index in [1.165, 1.54) is 0 Å². The summed E-state index contributed by atoms with van der Waals surface area (Å²) in [6.07, 6.45) is 0. The second-order valence-corrected chi connectivity index (χ2v) is 4.70. The molecule has 1 N–H and O–H groups in total. The van der Waals surface area contributed by atoms with Gasteiger partial charge in [0.1, 0.15) is 5.75 Å². The first-order valence-electron chi connectivity index (χ1n) is 6.19. The molecule has 1 aromatic carbocycles. The maximum atomic E-state index is 9.87. The Labute approximate surface area is 101 Å². The molecule has 17 heavy (non-hydrogen) atoms. The van der Waals surface area contributed by atoms with E-state index in [1.54, 1.807) is 6.07 Å². The molecular formula is C13H18N2O2. The topological polar surface area (TPSA) is 35.9 Å². The Kier molecular flexibility index (Phi) is 2.91. The lowest BCUT2D eigenvalue weighted by Crippen LogP contribution is -2.58. The fraction of sp³-hybridized carbons (Fsp3) is 0.538. The van der Waals surface area contributed by atoms with Crippen LogP contribution in [0.5, 0.6) is 5.75 Å². The smallest absolute Gasteiger partial charge is 0.138 e. The third-order valence-corrected chi connectivity index (χ3v) is 3.66. The number of ether oxygens (including phenoxy) is 1. The number of rotatable bonds is 1. The number of para-hydroxylation sites is 2. The number of hydrogen-bond acceptors (Lipinski definition) is 4. The van der Waals surface area contributed by atoms with Crippen molar-refractivity contribution in [2.75, 3.05) is 44.3 Å². The van der Waals surface area contributed by atoms with Crippen molar-refractivity contribution in [2.45, 2.75) is 6.04 Å². The van der Waals surface area contributed by atoms with Gasteiger partial charge in [0.05, 0.1) is 24.9 Å². The van der Waals surface area contributed by atoms with Gasteiger partial charge in [-0.15, -0.1) is 0 Å². The molecule has 0 spiro atoms. The highest BCUT2D eigenvalue weighted by Crippen LogP contribution is 2.28. The molecule has 1 unspecified atom stereocenters. The van der Waals surface area contributed by atoms with Gasteiger partial charge >= 0.3 is 0 Å². The Bertz CT molecular complexity index is 397. The van der Waals surface area contributed by atoms with Crippen molar-refractivity contribution in [3.05, 3.63) is 24.3 Å². The number of phenols is 1. The van der Waals surface area contributed by atoms with Gasteiger partial charge in [0.2, 0.25) is 0 Å². The van der Waals surface area contributed by atoms with Crippen LogP contribution in [0.15, 0.2) is 24.3 Å². The van der Waals surface area contributed by atoms with Crippen LogP contribution >= 0.6 is 0 Å². The van der Waals surface area contributed by atoms with Gasteiger partial charge in [-0.25, -0.2) is 0 Å². The zero-order valence-corrected chi connectivity index (χ0v) is 9.88. The summed E-state index contributed by atoms with van der Waals surface area (Å²) in [5.74, 6) is 0.373. The normalized spacial score (nSPS) is 25.6. The number of piperazine rings is 1. The molecule has 2 heterocycles. The molecule has 3 rings (SSSR count). The van der Waals surface area contributed by atoms with E-state index < -0.39 is 0 Å². The van der Waals surface area contributed by atoms with Crippen LogP contribution in [0.1, 0.15) is 0 Å². The molecule has 1 aromatic rings. The molecule has 2 fully saturated rings. The van der Waals surface area contributed by atoms with Crippen molar-refractivity contribution in [3.63, 3.8) is 0 Å². The summed E-state index contributed by atoms with van der Waals surface area (Å²) in [6, 6.07) is 8.03. The third kappa shape index (κ3) is 2.10. The maximum absolute atomic E-state index is 9.87. The Morgan fingerprint density at radius 3 is 2.94 bits per heavy atom. The molecular weight excluding hydrogens is 216 g/mol. The molecule has 0 bridgehead atoms. The first kappa shape index (κ1) is 10.9. The minimum absolute atomic E-state index is 0.373. The highest BCUT2D eigenvalue weighted by atomic mass is 16.5. The van der Waals surface area contributed by atoms with Gasteiger partial charge in [-0.05, 0) is 12.1 Å². The van der Waals surface area contributed by atoms with E-state index in [4.69, 9.17) is 4.74 Å². The molecule has 0 radical (unpaired) electrons. The van der Waals surface area contributed by atoms with Crippen LogP contribution < -0.4 is 4.90 Å². The number of morpholine rings is 1. The summed E-state index contributed by atoms with van der Waals surface area (Å²) < 4.78 is 5.52. The summed E-state index contributed by atoms with van der Waals surface area (Å²) in [4.78, 5) is 4.74. The van der Waals surface area contributed by atoms with Crippen LogP contribution in [0, 0.1) is 0 Å². The van der Waals surface area contributed by atoms with Gasteiger partial charge in [0.15, 0.2) is 0 Å². The minimum atomic E-state index is 0.373. The number of nitrogens with zero attached hydrogens (tertiary/aromatic N) is 2. The zero-order chi connectivity index (χ0) is 11.7. The monoisotopic (exact) mass is 234 g/mol. The van der Waals surface area contributed by atoms with Gasteiger partial charge in [-0.1, -0.05) is 12.1 Å². The lowest BCUT2D eigenvalue weighted by molar-refractivity contribution is -0.0117. The lowest BCUT2D eigenvalue weighted by Gasteiger charge is -2.44. The van der Waals surface area contributed by atoms with Crippen LogP contribution in [0.4, 0.5) is 5.69 Å². The Hall–Kier alpha value is -1.26. The van der Waals surface area contributed by atoms with Crippen molar-refractivity contribution in [3.8, 4) is 5.75 Å². The van der Waals surface area contributed by atoms with E-state index in [0.29, 0.717) is 11.8 Å². The van der Waals surface area contributed by atoms with Crippen molar-refractivity contribution in [1.82, 2.24) is 4.90 Å². The number of benzene rings is 1. The van der Waals surface area contributed by atoms with E-state index in [2.05, 4.69) is 9.80 Å². The number of fused-ring (bicyclic) bond motifs is 1. The molecule has 0 aliphatic carbocycles. The molecule has 2 aliphatic heterocycles. The molecule has 4 nitrogen and oxygen atoms in total. The average Bonchev–Trinajstić information content (AvgIpc) is 2.39. The van der Waals surface area contributed by atoms with Crippen LogP contribution in [-0.2, 0) is 4.74 Å². The first-order valence-corrected chi connectivity index (χ1v) is 6.19. The van der Waals surface area contributed by atoms with Crippen LogP contribution in [0.2, 0.25) is 0 Å². The molecule has 1 atom stereocenters. The van der Waals surface area contributed by atoms with Crippen LogP contribution in [-0.4, -0.2) is 55.4 Å². The van der Waals surface area contributed by atoms with Gasteiger partial charge in [-0.2, -0.15) is 0 Å². The van der Waals surface area contributed by atoms with E-state index in [0.717, 1.165) is 45.1 Å². The molecule has 2 saturated heterocycles. The number of aromatic hydroxyl groups is 1. The standard InChI is InChI=1S/C13H18N2O2/c16-13-4-2-1-3-12(13)15-6-5-14-7-8-17-10-11(14)9-15/h1-4,11,16H,5-10H2. The summed E-state index contributed by atoms with van der Waals surface area (Å²) in [6.45, 7) is 5.68. The van der Waals surface area contributed by atoms with Crippen molar-refractivity contribution in [1.29, 1.82) is 0 Å². The van der Waals surface area contributed by atoms with Crippen molar-refractivity contribution in [2.24, 2.45) is 0 Å². The highest BCUT2D eigenvalue weighted by molar-refractivity contribution is 5.58. The predicted molar refractivity (Wildman–Crippen MR) is 66.5 cm³/mol. The lowest BCUT2D eigenvalue weighted by atomic mass is 10.1. The largest absolute Gasteiger partial charge is 0.506 e. The molecule has 4 heteroatoms. The van der Waals surface area contributed by atoms with E-state index in [1.807, 2.05) is 18.2 Å². The van der Waals surface area contributed by atoms with Crippen LogP contribution in [0.3, 0.4) is 0 Å². The SMILES string of the molecule is Oc1ccccc1N1CCN2CCOCC2C1. The van der Waals surface area contributed by atoms with Gasteiger partial charge < -0.3 is 14.7 Å². The van der Waals surface area contributed by atoms with Crippen molar-refractivity contribution >= 4 is 5.69 Å². The van der Waals surface area contributed by atoms with Crippen LogP contribution in [0.25, 0.3) is 0 Å². The predicted octanol–water partition coefficient (Wildman–Crippen LogP) is 0.913. The summed E-state index contributed by atoms with van der Waals surface area (Å²) >= 11 is 0.